The molecule has 1 aliphatic carbocycles. The molecule has 1 saturated heterocycles. The number of aliphatic hydroxyl groups is 1. The number of hydrogen-bond donors (Lipinski definition) is 3. The summed E-state index contributed by atoms with van der Waals surface area (Å²) in [5.74, 6) is 2.20. The summed E-state index contributed by atoms with van der Waals surface area (Å²) in [5.41, 5.74) is 3.30. The third-order valence-corrected chi connectivity index (χ3v) is 5.81. The van der Waals surface area contributed by atoms with E-state index in [0.29, 0.717) is 5.95 Å². The molecule has 0 aromatic carbocycles. The largest absolute Gasteiger partial charge is 0.393 e. The lowest BCUT2D eigenvalue weighted by Gasteiger charge is -2.37. The van der Waals surface area contributed by atoms with Gasteiger partial charge in [0, 0.05) is 43.7 Å². The first-order valence-corrected chi connectivity index (χ1v) is 10.4. The highest BCUT2D eigenvalue weighted by Crippen LogP contribution is 2.41. The molecule has 0 bridgehead atoms. The minimum Gasteiger partial charge on any atom is -0.393 e. The lowest BCUT2D eigenvalue weighted by Crippen LogP contribution is -2.38. The second-order valence-corrected chi connectivity index (χ2v) is 9.00. The van der Waals surface area contributed by atoms with Crippen molar-refractivity contribution in [3.8, 4) is 0 Å². The molecule has 156 valence electrons. The first-order chi connectivity index (χ1) is 13.8. The van der Waals surface area contributed by atoms with Crippen LogP contribution in [0.1, 0.15) is 56.1 Å². The van der Waals surface area contributed by atoms with Crippen LogP contribution in [0.5, 0.6) is 0 Å². The van der Waals surface area contributed by atoms with Gasteiger partial charge in [-0.15, -0.1) is 0 Å². The molecule has 3 N–H and O–H groups in total. The van der Waals surface area contributed by atoms with E-state index in [1.54, 1.807) is 0 Å². The molecule has 0 spiro atoms. The van der Waals surface area contributed by atoms with E-state index in [2.05, 4.69) is 44.3 Å². The van der Waals surface area contributed by atoms with E-state index in [1.165, 1.54) is 0 Å². The average Bonchev–Trinajstić information content (AvgIpc) is 2.66. The molecular weight excluding hydrogens is 366 g/mol. The SMILES string of the molecule is CNc1nc(C)cc(NC2CC(C)(C)Cc3nc(N4CCC(O)CC4)ncc32)n1. The molecule has 0 saturated carbocycles. The van der Waals surface area contributed by atoms with Crippen LogP contribution in [-0.4, -0.2) is 51.3 Å². The second-order valence-electron chi connectivity index (χ2n) is 9.00. The average molecular weight is 398 g/mol. The number of aliphatic hydroxyl groups excluding tert-OH is 1. The molecule has 4 rings (SSSR count). The van der Waals surface area contributed by atoms with Crippen LogP contribution < -0.4 is 15.5 Å². The van der Waals surface area contributed by atoms with Gasteiger partial charge >= 0.3 is 0 Å². The topological polar surface area (TPSA) is 99.1 Å². The maximum atomic E-state index is 9.78. The third kappa shape index (κ3) is 4.42. The minimum absolute atomic E-state index is 0.102. The summed E-state index contributed by atoms with van der Waals surface area (Å²) < 4.78 is 0. The summed E-state index contributed by atoms with van der Waals surface area (Å²) in [6, 6.07) is 2.07. The van der Waals surface area contributed by atoms with E-state index < -0.39 is 0 Å². The van der Waals surface area contributed by atoms with Crippen molar-refractivity contribution in [3.63, 3.8) is 0 Å². The van der Waals surface area contributed by atoms with Crippen molar-refractivity contribution in [2.24, 2.45) is 5.41 Å². The monoisotopic (exact) mass is 397 g/mol. The molecular formula is C21H31N7O. The first kappa shape index (κ1) is 19.8. The van der Waals surface area contributed by atoms with Gasteiger partial charge in [-0.25, -0.2) is 15.0 Å². The minimum atomic E-state index is -0.199. The summed E-state index contributed by atoms with van der Waals surface area (Å²) in [6.45, 7) is 8.15. The molecule has 1 unspecified atom stereocenters. The van der Waals surface area contributed by atoms with Gasteiger partial charge in [0.25, 0.3) is 0 Å². The van der Waals surface area contributed by atoms with Crippen LogP contribution in [-0.2, 0) is 6.42 Å². The highest BCUT2D eigenvalue weighted by Gasteiger charge is 2.34. The van der Waals surface area contributed by atoms with Gasteiger partial charge in [-0.3, -0.25) is 0 Å². The van der Waals surface area contributed by atoms with Crippen LogP contribution >= 0.6 is 0 Å². The van der Waals surface area contributed by atoms with Crippen molar-refractivity contribution in [1.82, 2.24) is 19.9 Å². The standard InChI is InChI=1S/C21H31N7O/c1-13-9-18(27-19(22-4)24-13)25-16-10-21(2,3)11-17-15(16)12-23-20(26-17)28-7-5-14(29)6-8-28/h9,12,14,16,29H,5-8,10-11H2,1-4H3,(H2,22,24,25,27). The van der Waals surface area contributed by atoms with Gasteiger partial charge in [0.1, 0.15) is 5.82 Å². The molecule has 2 aliphatic rings. The number of rotatable bonds is 4. The Morgan fingerprint density at radius 1 is 1.17 bits per heavy atom. The van der Waals surface area contributed by atoms with E-state index in [1.807, 2.05) is 26.2 Å². The fourth-order valence-corrected chi connectivity index (χ4v) is 4.32. The van der Waals surface area contributed by atoms with E-state index in [4.69, 9.17) is 4.98 Å². The number of aryl methyl sites for hydroxylation is 1. The number of hydrogen-bond acceptors (Lipinski definition) is 8. The Hall–Kier alpha value is -2.48. The summed E-state index contributed by atoms with van der Waals surface area (Å²) in [6.07, 6.45) is 5.24. The van der Waals surface area contributed by atoms with Crippen molar-refractivity contribution < 1.29 is 5.11 Å². The van der Waals surface area contributed by atoms with Gasteiger partial charge < -0.3 is 20.6 Å². The van der Waals surface area contributed by atoms with Crippen LogP contribution in [0, 0.1) is 12.3 Å². The maximum Gasteiger partial charge on any atom is 0.225 e. The van der Waals surface area contributed by atoms with Crippen molar-refractivity contribution in [3.05, 3.63) is 29.2 Å². The van der Waals surface area contributed by atoms with Crippen LogP contribution in [0.3, 0.4) is 0 Å². The van der Waals surface area contributed by atoms with Gasteiger partial charge in [0.2, 0.25) is 11.9 Å². The zero-order valence-electron chi connectivity index (χ0n) is 17.7. The third-order valence-electron chi connectivity index (χ3n) is 5.81. The quantitative estimate of drug-likeness (QED) is 0.724. The molecule has 2 aromatic rings. The number of aromatic nitrogens is 4. The normalized spacial score (nSPS) is 21.6. The van der Waals surface area contributed by atoms with Gasteiger partial charge in [-0.05, 0) is 38.0 Å². The Morgan fingerprint density at radius 2 is 1.93 bits per heavy atom. The number of nitrogens with one attached hydrogen (secondary N) is 2. The molecule has 2 aromatic heterocycles. The number of anilines is 3. The summed E-state index contributed by atoms with van der Waals surface area (Å²) in [4.78, 5) is 20.7. The fourth-order valence-electron chi connectivity index (χ4n) is 4.32. The van der Waals surface area contributed by atoms with Crippen LogP contribution in [0.15, 0.2) is 12.3 Å². The summed E-state index contributed by atoms with van der Waals surface area (Å²) in [7, 11) is 1.83. The Bertz CT molecular complexity index is 877. The molecule has 8 nitrogen and oxygen atoms in total. The van der Waals surface area contributed by atoms with Crippen molar-refractivity contribution in [2.45, 2.75) is 58.6 Å². The smallest absolute Gasteiger partial charge is 0.225 e. The predicted octanol–water partition coefficient (Wildman–Crippen LogP) is 2.70. The predicted molar refractivity (Wildman–Crippen MR) is 114 cm³/mol. The van der Waals surface area contributed by atoms with E-state index in [0.717, 1.165) is 67.5 Å². The Balaban J connectivity index is 1.61. The van der Waals surface area contributed by atoms with Gasteiger partial charge in [0.05, 0.1) is 17.8 Å². The zero-order valence-corrected chi connectivity index (χ0v) is 17.7. The Kier molecular flexibility index (Phi) is 5.29. The highest BCUT2D eigenvalue weighted by molar-refractivity contribution is 5.46. The molecule has 3 heterocycles. The van der Waals surface area contributed by atoms with Crippen molar-refractivity contribution in [2.75, 3.05) is 35.7 Å². The van der Waals surface area contributed by atoms with Crippen LogP contribution in [0.2, 0.25) is 0 Å². The lowest BCUT2D eigenvalue weighted by atomic mass is 9.74. The molecule has 29 heavy (non-hydrogen) atoms. The maximum absolute atomic E-state index is 9.78. The lowest BCUT2D eigenvalue weighted by molar-refractivity contribution is 0.145. The molecule has 1 atom stereocenters. The Labute approximate surface area is 172 Å². The van der Waals surface area contributed by atoms with E-state index >= 15 is 0 Å². The number of piperidine rings is 1. The summed E-state index contributed by atoms with van der Waals surface area (Å²) in [5, 5.41) is 16.4. The van der Waals surface area contributed by atoms with Gasteiger partial charge in [-0.1, -0.05) is 13.8 Å². The molecule has 1 fully saturated rings. The van der Waals surface area contributed by atoms with E-state index in [9.17, 15) is 5.11 Å². The number of nitrogens with zero attached hydrogens (tertiary/aromatic N) is 5. The van der Waals surface area contributed by atoms with E-state index in [-0.39, 0.29) is 17.6 Å². The van der Waals surface area contributed by atoms with Crippen molar-refractivity contribution >= 4 is 17.7 Å². The van der Waals surface area contributed by atoms with Gasteiger partial charge in [-0.2, -0.15) is 4.98 Å². The molecule has 8 heteroatoms. The first-order valence-electron chi connectivity index (χ1n) is 10.4. The second kappa shape index (κ2) is 7.74. The van der Waals surface area contributed by atoms with Crippen LogP contribution in [0.25, 0.3) is 0 Å². The van der Waals surface area contributed by atoms with Crippen LogP contribution in [0.4, 0.5) is 17.7 Å². The van der Waals surface area contributed by atoms with Gasteiger partial charge in [0.15, 0.2) is 0 Å². The Morgan fingerprint density at radius 3 is 2.66 bits per heavy atom. The zero-order chi connectivity index (χ0) is 20.6. The number of fused-ring (bicyclic) bond motifs is 1. The highest BCUT2D eigenvalue weighted by atomic mass is 16.3. The molecule has 0 amide bonds. The molecule has 1 aliphatic heterocycles. The van der Waals surface area contributed by atoms with Crippen molar-refractivity contribution in [1.29, 1.82) is 0 Å². The molecule has 0 radical (unpaired) electrons. The fraction of sp³-hybridized carbons (Fsp3) is 0.619. The summed E-state index contributed by atoms with van der Waals surface area (Å²) >= 11 is 0.